The lowest BCUT2D eigenvalue weighted by molar-refractivity contribution is 0.815. The molecule has 16 heavy (non-hydrogen) atoms. The van der Waals surface area contributed by atoms with Crippen LogP contribution >= 0.6 is 15.9 Å². The summed E-state index contributed by atoms with van der Waals surface area (Å²) in [4.78, 5) is 2.16. The van der Waals surface area contributed by atoms with Gasteiger partial charge in [-0.2, -0.15) is 5.26 Å². The van der Waals surface area contributed by atoms with Gasteiger partial charge in [0.1, 0.15) is 6.07 Å². The summed E-state index contributed by atoms with van der Waals surface area (Å²) in [7, 11) is 0. The standard InChI is InChI=1S/C13H15BrN2/c1-3-8-16(9-4-2)13-7-5-6-12(14)11(13)10-15/h3,5-7H,1,4,8-9H2,2H3. The summed E-state index contributed by atoms with van der Waals surface area (Å²) < 4.78 is 0.845. The number of benzene rings is 1. The highest BCUT2D eigenvalue weighted by Gasteiger charge is 2.11. The molecule has 1 rings (SSSR count). The zero-order valence-electron chi connectivity index (χ0n) is 9.41. The van der Waals surface area contributed by atoms with Crippen molar-refractivity contribution < 1.29 is 0 Å². The van der Waals surface area contributed by atoms with Gasteiger partial charge in [-0.15, -0.1) is 6.58 Å². The zero-order chi connectivity index (χ0) is 12.0. The summed E-state index contributed by atoms with van der Waals surface area (Å²) in [5.74, 6) is 0. The van der Waals surface area contributed by atoms with Crippen molar-refractivity contribution >= 4 is 21.6 Å². The van der Waals surface area contributed by atoms with Crippen molar-refractivity contribution in [3.05, 3.63) is 40.9 Å². The fraction of sp³-hybridized carbons (Fsp3) is 0.308. The molecule has 1 aromatic rings. The first kappa shape index (κ1) is 12.8. The normalized spacial score (nSPS) is 9.56. The number of nitrogens with zero attached hydrogens (tertiary/aromatic N) is 2. The molecule has 0 spiro atoms. The molecule has 0 atom stereocenters. The van der Waals surface area contributed by atoms with Gasteiger partial charge in [0.25, 0.3) is 0 Å². The van der Waals surface area contributed by atoms with Crippen LogP contribution in [-0.4, -0.2) is 13.1 Å². The highest BCUT2D eigenvalue weighted by Crippen LogP contribution is 2.27. The van der Waals surface area contributed by atoms with Gasteiger partial charge in [-0.05, 0) is 34.5 Å². The van der Waals surface area contributed by atoms with E-state index in [1.165, 1.54) is 0 Å². The third kappa shape index (κ3) is 2.86. The molecule has 0 aliphatic rings. The van der Waals surface area contributed by atoms with E-state index in [-0.39, 0.29) is 0 Å². The van der Waals surface area contributed by atoms with Crippen molar-refractivity contribution in [2.45, 2.75) is 13.3 Å². The highest BCUT2D eigenvalue weighted by atomic mass is 79.9. The molecule has 0 unspecified atom stereocenters. The molecule has 0 aliphatic heterocycles. The number of anilines is 1. The molecular weight excluding hydrogens is 264 g/mol. The Kier molecular flexibility index (Phi) is 5.07. The van der Waals surface area contributed by atoms with Crippen LogP contribution in [0.15, 0.2) is 35.3 Å². The molecule has 0 saturated heterocycles. The first-order valence-corrected chi connectivity index (χ1v) is 6.08. The summed E-state index contributed by atoms with van der Waals surface area (Å²) >= 11 is 3.40. The van der Waals surface area contributed by atoms with Crippen LogP contribution in [0.4, 0.5) is 5.69 Å². The molecule has 0 bridgehead atoms. The third-order valence-corrected chi connectivity index (χ3v) is 2.95. The van der Waals surface area contributed by atoms with Crippen LogP contribution in [-0.2, 0) is 0 Å². The molecule has 3 heteroatoms. The molecule has 0 heterocycles. The van der Waals surface area contributed by atoms with Gasteiger partial charge in [-0.1, -0.05) is 19.1 Å². The Balaban J connectivity index is 3.13. The summed E-state index contributed by atoms with van der Waals surface area (Å²) in [6.07, 6.45) is 2.91. The summed E-state index contributed by atoms with van der Waals surface area (Å²) in [5.41, 5.74) is 1.66. The maximum Gasteiger partial charge on any atom is 0.103 e. The first-order valence-electron chi connectivity index (χ1n) is 5.29. The minimum Gasteiger partial charge on any atom is -0.367 e. The largest absolute Gasteiger partial charge is 0.367 e. The maximum atomic E-state index is 9.15. The predicted molar refractivity (Wildman–Crippen MR) is 71.6 cm³/mol. The minimum absolute atomic E-state index is 0.692. The summed E-state index contributed by atoms with van der Waals surface area (Å²) in [6.45, 7) is 7.57. The summed E-state index contributed by atoms with van der Waals surface area (Å²) in [6, 6.07) is 8.05. The average Bonchev–Trinajstić information content (AvgIpc) is 2.28. The van der Waals surface area contributed by atoms with E-state index in [2.05, 4.69) is 40.4 Å². The first-order chi connectivity index (χ1) is 7.74. The second kappa shape index (κ2) is 6.34. The van der Waals surface area contributed by atoms with Crippen molar-refractivity contribution in [2.75, 3.05) is 18.0 Å². The monoisotopic (exact) mass is 278 g/mol. The highest BCUT2D eigenvalue weighted by molar-refractivity contribution is 9.10. The van der Waals surface area contributed by atoms with Crippen molar-refractivity contribution in [3.8, 4) is 6.07 Å². The fourth-order valence-corrected chi connectivity index (χ4v) is 2.07. The Morgan fingerprint density at radius 3 is 2.88 bits per heavy atom. The van der Waals surface area contributed by atoms with Gasteiger partial charge in [0.2, 0.25) is 0 Å². The van der Waals surface area contributed by atoms with Gasteiger partial charge in [0.15, 0.2) is 0 Å². The van der Waals surface area contributed by atoms with Gasteiger partial charge < -0.3 is 4.90 Å². The lowest BCUT2D eigenvalue weighted by Crippen LogP contribution is -2.24. The molecule has 84 valence electrons. The van der Waals surface area contributed by atoms with Crippen LogP contribution in [0, 0.1) is 11.3 Å². The Morgan fingerprint density at radius 1 is 1.56 bits per heavy atom. The lowest BCUT2D eigenvalue weighted by atomic mass is 10.1. The van der Waals surface area contributed by atoms with Gasteiger partial charge in [0.05, 0.1) is 11.3 Å². The lowest BCUT2D eigenvalue weighted by Gasteiger charge is -2.24. The van der Waals surface area contributed by atoms with E-state index >= 15 is 0 Å². The Morgan fingerprint density at radius 2 is 2.31 bits per heavy atom. The molecule has 1 aromatic carbocycles. The average molecular weight is 279 g/mol. The van der Waals surface area contributed by atoms with Crippen molar-refractivity contribution in [1.29, 1.82) is 5.26 Å². The minimum atomic E-state index is 0.692. The van der Waals surface area contributed by atoms with E-state index in [1.807, 2.05) is 24.3 Å². The Labute approximate surface area is 105 Å². The Bertz CT molecular complexity index is 407. The molecule has 0 amide bonds. The van der Waals surface area contributed by atoms with Crippen LogP contribution in [0.2, 0.25) is 0 Å². The number of hydrogen-bond donors (Lipinski definition) is 0. The van der Waals surface area contributed by atoms with Crippen LogP contribution in [0.25, 0.3) is 0 Å². The van der Waals surface area contributed by atoms with E-state index in [0.29, 0.717) is 5.56 Å². The molecule has 2 nitrogen and oxygen atoms in total. The molecule has 0 fully saturated rings. The van der Waals surface area contributed by atoms with Gasteiger partial charge >= 0.3 is 0 Å². The number of hydrogen-bond acceptors (Lipinski definition) is 2. The van der Waals surface area contributed by atoms with E-state index in [4.69, 9.17) is 5.26 Å². The van der Waals surface area contributed by atoms with E-state index in [0.717, 1.165) is 29.7 Å². The smallest absolute Gasteiger partial charge is 0.103 e. The van der Waals surface area contributed by atoms with Crippen LogP contribution in [0.5, 0.6) is 0 Å². The van der Waals surface area contributed by atoms with Crippen molar-refractivity contribution in [2.24, 2.45) is 0 Å². The second-order valence-corrected chi connectivity index (χ2v) is 4.33. The molecule has 0 aromatic heterocycles. The Hall–Kier alpha value is -1.27. The van der Waals surface area contributed by atoms with Crippen LogP contribution in [0.1, 0.15) is 18.9 Å². The molecule has 0 radical (unpaired) electrons. The molecule has 0 N–H and O–H groups in total. The topological polar surface area (TPSA) is 27.0 Å². The molecule has 0 saturated carbocycles. The zero-order valence-corrected chi connectivity index (χ0v) is 11.0. The fourth-order valence-electron chi connectivity index (χ4n) is 1.62. The quantitative estimate of drug-likeness (QED) is 0.768. The van der Waals surface area contributed by atoms with Crippen molar-refractivity contribution in [1.82, 2.24) is 0 Å². The van der Waals surface area contributed by atoms with Crippen LogP contribution in [0.3, 0.4) is 0 Å². The van der Waals surface area contributed by atoms with Crippen LogP contribution < -0.4 is 4.90 Å². The van der Waals surface area contributed by atoms with Crippen molar-refractivity contribution in [3.63, 3.8) is 0 Å². The number of rotatable bonds is 5. The number of halogens is 1. The van der Waals surface area contributed by atoms with E-state index in [9.17, 15) is 0 Å². The van der Waals surface area contributed by atoms with Gasteiger partial charge in [-0.3, -0.25) is 0 Å². The third-order valence-electron chi connectivity index (χ3n) is 2.29. The SMILES string of the molecule is C=CCN(CCC)c1cccc(Br)c1C#N. The molecule has 0 aliphatic carbocycles. The maximum absolute atomic E-state index is 9.15. The van der Waals surface area contributed by atoms with E-state index < -0.39 is 0 Å². The predicted octanol–water partition coefficient (Wildman–Crippen LogP) is 3.72. The number of nitriles is 1. The second-order valence-electron chi connectivity index (χ2n) is 3.48. The van der Waals surface area contributed by atoms with E-state index in [1.54, 1.807) is 0 Å². The summed E-state index contributed by atoms with van der Waals surface area (Å²) in [5, 5.41) is 9.15. The van der Waals surface area contributed by atoms with Gasteiger partial charge in [0, 0.05) is 17.6 Å². The van der Waals surface area contributed by atoms with Gasteiger partial charge in [-0.25, -0.2) is 0 Å². The molecular formula is C13H15BrN2.